The molecule has 174 valence electrons. The zero-order valence-corrected chi connectivity index (χ0v) is 26.8. The molecular weight excluding hydrogens is 609 g/mol. The summed E-state index contributed by atoms with van der Waals surface area (Å²) >= 11 is 4.70. The Labute approximate surface area is 239 Å². The van der Waals surface area contributed by atoms with Crippen LogP contribution in [0.3, 0.4) is 0 Å². The first-order valence-corrected chi connectivity index (χ1v) is 22.2. The highest BCUT2D eigenvalue weighted by Gasteiger charge is 2.27. The van der Waals surface area contributed by atoms with E-state index in [0.717, 1.165) is 0 Å². The molecule has 0 radical (unpaired) electrons. The van der Waals surface area contributed by atoms with E-state index in [-0.39, 0.29) is 0 Å². The molecule has 34 heavy (non-hydrogen) atoms. The molecule has 0 spiro atoms. The monoisotopic (exact) mass is 626 g/mol. The summed E-state index contributed by atoms with van der Waals surface area (Å²) in [4.78, 5) is 6.69. The molecule has 0 amide bonds. The Hall–Kier alpha value is 0.900. The van der Waals surface area contributed by atoms with Crippen molar-refractivity contribution in [1.29, 1.82) is 0 Å². The van der Waals surface area contributed by atoms with Gasteiger partial charge in [-0.3, -0.25) is 0 Å². The molecule has 0 bridgehead atoms. The molecule has 6 aromatic carbocycles. The SMILES string of the molecule is CSSc1cc2c(SSC)cc3c(SSC)cc4c(SSC)cc5c(SS)cc1c1c5c4c3c21. The second kappa shape index (κ2) is 10.2. The summed E-state index contributed by atoms with van der Waals surface area (Å²) in [6, 6.07) is 12.2. The van der Waals surface area contributed by atoms with E-state index in [1.807, 2.05) is 86.4 Å². The highest BCUT2D eigenvalue weighted by atomic mass is 33.1. The maximum Gasteiger partial charge on any atom is 0.0268 e. The van der Waals surface area contributed by atoms with Gasteiger partial charge < -0.3 is 0 Å². The summed E-state index contributed by atoms with van der Waals surface area (Å²) in [6.07, 6.45) is 8.69. The van der Waals surface area contributed by atoms with Crippen molar-refractivity contribution in [2.45, 2.75) is 24.5 Å². The van der Waals surface area contributed by atoms with Gasteiger partial charge in [0.1, 0.15) is 0 Å². The third-order valence-electron chi connectivity index (χ3n) is 6.09. The van der Waals surface area contributed by atoms with Crippen LogP contribution in [-0.4, -0.2) is 25.0 Å². The lowest BCUT2D eigenvalue weighted by molar-refractivity contribution is 1.51. The normalized spacial score (nSPS) is 12.7. The maximum atomic E-state index is 4.70. The molecule has 6 rings (SSSR count). The topological polar surface area (TPSA) is 0 Å². The molecule has 0 aliphatic rings. The fourth-order valence-corrected chi connectivity index (χ4v) is 12.1. The highest BCUT2D eigenvalue weighted by Crippen LogP contribution is 2.58. The molecule has 0 aromatic heterocycles. The number of benzene rings is 5. The van der Waals surface area contributed by atoms with Crippen molar-refractivity contribution in [3.05, 3.63) is 30.3 Å². The van der Waals surface area contributed by atoms with Crippen LogP contribution in [0.5, 0.6) is 0 Å². The van der Waals surface area contributed by atoms with Crippen LogP contribution in [0.2, 0.25) is 0 Å². The first-order valence-electron chi connectivity index (χ1n) is 10.1. The van der Waals surface area contributed by atoms with Gasteiger partial charge in [0, 0.05) is 24.5 Å². The molecular formula is C24H18S10. The predicted octanol–water partition coefficient (Wildman–Crippen LogP) is 12.2. The van der Waals surface area contributed by atoms with E-state index in [4.69, 9.17) is 11.7 Å². The molecule has 0 nitrogen and oxygen atoms in total. The van der Waals surface area contributed by atoms with Gasteiger partial charge in [0.2, 0.25) is 0 Å². The smallest absolute Gasteiger partial charge is 0.0268 e. The van der Waals surface area contributed by atoms with Gasteiger partial charge in [0.25, 0.3) is 0 Å². The van der Waals surface area contributed by atoms with E-state index in [1.165, 1.54) is 78.3 Å². The second-order valence-corrected chi connectivity index (χ2v) is 18.5. The minimum atomic E-state index is 1.25. The van der Waals surface area contributed by atoms with E-state index in [9.17, 15) is 0 Å². The molecule has 0 saturated heterocycles. The first-order chi connectivity index (χ1) is 16.7. The summed E-state index contributed by atoms with van der Waals surface area (Å²) in [7, 11) is 16.4. The molecule has 0 atom stereocenters. The van der Waals surface area contributed by atoms with Crippen molar-refractivity contribution in [3.63, 3.8) is 0 Å². The van der Waals surface area contributed by atoms with Gasteiger partial charge in [0.15, 0.2) is 0 Å². The lowest BCUT2D eigenvalue weighted by Gasteiger charge is -2.14. The number of thiol groups is 1. The predicted molar refractivity (Wildman–Crippen MR) is 180 cm³/mol. The number of hydrogen-bond acceptors (Lipinski definition) is 10. The molecule has 0 unspecified atom stereocenters. The van der Waals surface area contributed by atoms with E-state index >= 15 is 0 Å². The number of rotatable bonds is 9. The quantitative estimate of drug-likeness (QED) is 0.0937. The van der Waals surface area contributed by atoms with E-state index < -0.39 is 0 Å². The van der Waals surface area contributed by atoms with E-state index in [1.54, 1.807) is 10.8 Å². The summed E-state index contributed by atoms with van der Waals surface area (Å²) in [5.41, 5.74) is 0. The summed E-state index contributed by atoms with van der Waals surface area (Å²) in [6.45, 7) is 0. The molecule has 10 heteroatoms. The Morgan fingerprint density at radius 3 is 0.882 bits per heavy atom. The molecule has 0 fully saturated rings. The van der Waals surface area contributed by atoms with Gasteiger partial charge in [-0.25, -0.2) is 0 Å². The lowest BCUT2D eigenvalue weighted by Crippen LogP contribution is -1.85. The molecule has 0 saturated carbocycles. The Morgan fingerprint density at radius 2 is 0.647 bits per heavy atom. The maximum absolute atomic E-state index is 4.70. The molecule has 0 aliphatic carbocycles. The van der Waals surface area contributed by atoms with Crippen LogP contribution in [0, 0.1) is 0 Å². The zero-order valence-electron chi connectivity index (χ0n) is 18.5. The van der Waals surface area contributed by atoms with Gasteiger partial charge in [-0.1, -0.05) is 97.1 Å². The van der Waals surface area contributed by atoms with Crippen LogP contribution in [0.25, 0.3) is 53.9 Å². The average molecular weight is 627 g/mol. The van der Waals surface area contributed by atoms with Crippen molar-refractivity contribution < 1.29 is 0 Å². The summed E-state index contributed by atoms with van der Waals surface area (Å²) in [5.74, 6) is 0. The van der Waals surface area contributed by atoms with Crippen molar-refractivity contribution in [2.24, 2.45) is 0 Å². The highest BCUT2D eigenvalue weighted by molar-refractivity contribution is 8.77. The minimum absolute atomic E-state index is 1.25. The van der Waals surface area contributed by atoms with E-state index in [2.05, 4.69) is 55.4 Å². The average Bonchev–Trinajstić information content (AvgIpc) is 3.20. The summed E-state index contributed by atoms with van der Waals surface area (Å²) < 4.78 is 0. The van der Waals surface area contributed by atoms with Crippen LogP contribution in [-0.2, 0) is 0 Å². The lowest BCUT2D eigenvalue weighted by atomic mass is 9.99. The van der Waals surface area contributed by atoms with Gasteiger partial charge in [-0.05, 0) is 109 Å². The molecule has 0 N–H and O–H groups in total. The third-order valence-corrected chi connectivity index (χ3v) is 14.1. The van der Waals surface area contributed by atoms with Crippen LogP contribution in [0.15, 0.2) is 54.8 Å². The summed E-state index contributed by atoms with van der Waals surface area (Å²) in [5, 5.41) is 14.1. The Balaban J connectivity index is 1.96. The van der Waals surface area contributed by atoms with Crippen LogP contribution >= 0.6 is 109 Å². The molecule has 6 aromatic rings. The van der Waals surface area contributed by atoms with Gasteiger partial charge in [0.05, 0.1) is 0 Å². The van der Waals surface area contributed by atoms with Crippen LogP contribution in [0.1, 0.15) is 0 Å². The van der Waals surface area contributed by atoms with Crippen LogP contribution in [0.4, 0.5) is 0 Å². The Bertz CT molecular complexity index is 1600. The largest absolute Gasteiger partial charge is 0.106 e. The van der Waals surface area contributed by atoms with Crippen molar-refractivity contribution >= 4 is 163 Å². The zero-order chi connectivity index (χ0) is 23.6. The standard InChI is InChI=1S/C24H18S10/c1-26-31-16-6-10-15(30-25)5-11-17(32-27-2)7-13-19(34-29-4)9-14-18(33-28-3)8-12(16)22-20(10)21(11)23(13)24(14)22/h5-9,25H,1-4H3. The van der Waals surface area contributed by atoms with Crippen LogP contribution < -0.4 is 0 Å². The fourth-order valence-electron chi connectivity index (χ4n) is 5.06. The van der Waals surface area contributed by atoms with Crippen molar-refractivity contribution in [2.75, 3.05) is 25.0 Å². The molecule has 0 heterocycles. The molecule has 0 aliphatic heterocycles. The van der Waals surface area contributed by atoms with E-state index in [0.29, 0.717) is 0 Å². The van der Waals surface area contributed by atoms with Gasteiger partial charge >= 0.3 is 0 Å². The Morgan fingerprint density at radius 1 is 0.412 bits per heavy atom. The first kappa shape index (κ1) is 25.2. The third kappa shape index (κ3) is 3.72. The van der Waals surface area contributed by atoms with Crippen molar-refractivity contribution in [1.82, 2.24) is 0 Å². The Kier molecular flexibility index (Phi) is 7.58. The second-order valence-electron chi connectivity index (χ2n) is 7.58. The fraction of sp³-hybridized carbons (Fsp3) is 0.167. The van der Waals surface area contributed by atoms with Crippen molar-refractivity contribution in [3.8, 4) is 0 Å². The van der Waals surface area contributed by atoms with Gasteiger partial charge in [-0.2, -0.15) is 0 Å². The minimum Gasteiger partial charge on any atom is -0.106 e. The van der Waals surface area contributed by atoms with Gasteiger partial charge in [-0.15, -0.1) is 11.7 Å². The number of hydrogen-bond donors (Lipinski definition) is 1.